The van der Waals surface area contributed by atoms with Gasteiger partial charge >= 0.3 is 0 Å². The number of halogens is 2. The predicted octanol–water partition coefficient (Wildman–Crippen LogP) is 4.31. The Labute approximate surface area is 190 Å². The highest BCUT2D eigenvalue weighted by Gasteiger charge is 2.08. The summed E-state index contributed by atoms with van der Waals surface area (Å²) in [5.41, 5.74) is 2.56. The van der Waals surface area contributed by atoms with Gasteiger partial charge in [-0.25, -0.2) is 9.37 Å². The molecule has 0 amide bonds. The van der Waals surface area contributed by atoms with E-state index in [-0.39, 0.29) is 12.4 Å². The van der Waals surface area contributed by atoms with Crippen LogP contribution >= 0.6 is 11.6 Å². The third-order valence-corrected chi connectivity index (χ3v) is 4.64. The second-order valence-electron chi connectivity index (χ2n) is 6.94. The largest absolute Gasteiger partial charge is 0.365 e. The van der Waals surface area contributed by atoms with Crippen LogP contribution in [0.15, 0.2) is 55.5 Å². The number of aromatic nitrogens is 4. The lowest BCUT2D eigenvalue weighted by Crippen LogP contribution is -2.09. The lowest BCUT2D eigenvalue weighted by Gasteiger charge is -2.10. The number of ketones is 1. The van der Waals surface area contributed by atoms with Gasteiger partial charge in [0.2, 0.25) is 5.95 Å². The van der Waals surface area contributed by atoms with Crippen LogP contribution in [-0.4, -0.2) is 38.5 Å². The molecule has 3 aromatic rings. The van der Waals surface area contributed by atoms with Crippen LogP contribution in [0.2, 0.25) is 5.02 Å². The van der Waals surface area contributed by atoms with E-state index in [9.17, 15) is 9.18 Å². The molecule has 1 atom stereocenters. The SMILES string of the molecule is C=CC(=O)Cc1cccc(CNc2nc(Nc3cnn(CCOC(C)F)c3)ncc2Cl)c1. The van der Waals surface area contributed by atoms with Gasteiger partial charge in [-0.3, -0.25) is 9.48 Å². The molecule has 0 bridgehead atoms. The Hall–Kier alpha value is -3.30. The van der Waals surface area contributed by atoms with E-state index in [1.807, 2.05) is 24.3 Å². The molecule has 2 aromatic heterocycles. The third-order valence-electron chi connectivity index (χ3n) is 4.36. The zero-order valence-electron chi connectivity index (χ0n) is 17.6. The molecule has 168 valence electrons. The molecule has 3 rings (SSSR count). The number of rotatable bonds is 12. The second kappa shape index (κ2) is 11.4. The van der Waals surface area contributed by atoms with Crippen LogP contribution in [0.4, 0.5) is 21.8 Å². The fraction of sp³-hybridized carbons (Fsp3) is 0.273. The van der Waals surface area contributed by atoms with Crippen molar-refractivity contribution in [3.05, 3.63) is 71.7 Å². The molecule has 8 nitrogen and oxygen atoms in total. The van der Waals surface area contributed by atoms with E-state index in [2.05, 4.69) is 32.3 Å². The van der Waals surface area contributed by atoms with Gasteiger partial charge < -0.3 is 15.4 Å². The van der Waals surface area contributed by atoms with E-state index in [0.29, 0.717) is 42.0 Å². The number of alkyl halides is 1. The highest BCUT2D eigenvalue weighted by Crippen LogP contribution is 2.22. The molecule has 0 saturated heterocycles. The van der Waals surface area contributed by atoms with Crippen molar-refractivity contribution in [3.8, 4) is 0 Å². The van der Waals surface area contributed by atoms with Gasteiger partial charge in [-0.1, -0.05) is 42.4 Å². The van der Waals surface area contributed by atoms with E-state index < -0.39 is 6.36 Å². The Morgan fingerprint density at radius 2 is 2.19 bits per heavy atom. The Balaban J connectivity index is 1.60. The quantitative estimate of drug-likeness (QED) is 0.390. The summed E-state index contributed by atoms with van der Waals surface area (Å²) >= 11 is 6.24. The second-order valence-corrected chi connectivity index (χ2v) is 7.35. The van der Waals surface area contributed by atoms with Gasteiger partial charge in [0.1, 0.15) is 5.02 Å². The van der Waals surface area contributed by atoms with Crippen LogP contribution < -0.4 is 10.6 Å². The number of anilines is 3. The summed E-state index contributed by atoms with van der Waals surface area (Å²) in [6, 6.07) is 7.69. The molecule has 2 heterocycles. The van der Waals surface area contributed by atoms with Crippen molar-refractivity contribution in [2.75, 3.05) is 17.2 Å². The predicted molar refractivity (Wildman–Crippen MR) is 122 cm³/mol. The zero-order valence-corrected chi connectivity index (χ0v) is 18.3. The van der Waals surface area contributed by atoms with Crippen molar-refractivity contribution in [3.63, 3.8) is 0 Å². The maximum absolute atomic E-state index is 12.7. The number of hydrogen-bond donors (Lipinski definition) is 2. The Morgan fingerprint density at radius 1 is 1.38 bits per heavy atom. The number of carbonyl (C=O) groups is 1. The molecule has 10 heteroatoms. The molecular formula is C22H24ClFN6O2. The molecule has 1 unspecified atom stereocenters. The summed E-state index contributed by atoms with van der Waals surface area (Å²) in [5.74, 6) is 0.780. The molecule has 0 aliphatic carbocycles. The molecule has 1 aromatic carbocycles. The van der Waals surface area contributed by atoms with Crippen LogP contribution in [0.3, 0.4) is 0 Å². The summed E-state index contributed by atoms with van der Waals surface area (Å²) in [5, 5.41) is 10.8. The van der Waals surface area contributed by atoms with Crippen LogP contribution in [0.1, 0.15) is 18.1 Å². The van der Waals surface area contributed by atoms with Crippen LogP contribution in [-0.2, 0) is 29.0 Å². The summed E-state index contributed by atoms with van der Waals surface area (Å²) in [4.78, 5) is 20.2. The number of allylic oxidation sites excluding steroid dienone is 1. The first-order valence-electron chi connectivity index (χ1n) is 9.97. The number of carbonyl (C=O) groups excluding carboxylic acids is 1. The topological polar surface area (TPSA) is 94.0 Å². The molecule has 0 spiro atoms. The van der Waals surface area contributed by atoms with Crippen LogP contribution in [0.5, 0.6) is 0 Å². The Kier molecular flexibility index (Phi) is 8.29. The van der Waals surface area contributed by atoms with Crippen molar-refractivity contribution >= 4 is 34.8 Å². The summed E-state index contributed by atoms with van der Waals surface area (Å²) in [6.45, 7) is 5.94. The maximum atomic E-state index is 12.7. The lowest BCUT2D eigenvalue weighted by atomic mass is 10.1. The van der Waals surface area contributed by atoms with Crippen molar-refractivity contribution < 1.29 is 13.9 Å². The summed E-state index contributed by atoms with van der Waals surface area (Å²) in [7, 11) is 0. The minimum absolute atomic E-state index is 0.0301. The van der Waals surface area contributed by atoms with Gasteiger partial charge in [0, 0.05) is 19.2 Å². The van der Waals surface area contributed by atoms with Crippen molar-refractivity contribution in [1.29, 1.82) is 0 Å². The summed E-state index contributed by atoms with van der Waals surface area (Å²) < 4.78 is 19.2. The van der Waals surface area contributed by atoms with E-state index in [1.165, 1.54) is 19.2 Å². The molecule has 0 radical (unpaired) electrons. The standard InChI is InChI=1S/C22H24ClFN6O2/c1-3-19(31)10-16-5-4-6-17(9-16)11-25-21-20(23)13-26-22(29-21)28-18-12-27-30(14-18)7-8-32-15(2)24/h3-6,9,12-15H,1,7-8,10-11H2,2H3,(H2,25,26,28,29). The first kappa shape index (κ1) is 23.4. The third kappa shape index (κ3) is 7.14. The van der Waals surface area contributed by atoms with Crippen molar-refractivity contribution in [1.82, 2.24) is 19.7 Å². The average molecular weight is 459 g/mol. The molecule has 0 saturated carbocycles. The van der Waals surface area contributed by atoms with Gasteiger partial charge in [-0.15, -0.1) is 0 Å². The fourth-order valence-electron chi connectivity index (χ4n) is 2.85. The minimum atomic E-state index is -1.31. The minimum Gasteiger partial charge on any atom is -0.365 e. The maximum Gasteiger partial charge on any atom is 0.229 e. The molecule has 0 aliphatic rings. The monoisotopic (exact) mass is 458 g/mol. The number of ether oxygens (including phenoxy) is 1. The van der Waals surface area contributed by atoms with Crippen molar-refractivity contribution in [2.24, 2.45) is 0 Å². The normalized spacial score (nSPS) is 11.7. The van der Waals surface area contributed by atoms with Gasteiger partial charge in [-0.2, -0.15) is 10.1 Å². The Bertz CT molecular complexity index is 1070. The van der Waals surface area contributed by atoms with Gasteiger partial charge in [-0.05, 0) is 24.1 Å². The molecule has 0 aliphatic heterocycles. The van der Waals surface area contributed by atoms with Crippen LogP contribution in [0, 0.1) is 0 Å². The van der Waals surface area contributed by atoms with E-state index in [1.54, 1.807) is 17.1 Å². The fourth-order valence-corrected chi connectivity index (χ4v) is 3.01. The highest BCUT2D eigenvalue weighted by molar-refractivity contribution is 6.32. The van der Waals surface area contributed by atoms with E-state index >= 15 is 0 Å². The Morgan fingerprint density at radius 3 is 2.97 bits per heavy atom. The number of benzene rings is 1. The molecule has 32 heavy (non-hydrogen) atoms. The summed E-state index contributed by atoms with van der Waals surface area (Å²) in [6.07, 6.45) is 5.18. The first-order chi connectivity index (χ1) is 15.4. The molecule has 2 N–H and O–H groups in total. The first-order valence-corrected chi connectivity index (χ1v) is 10.4. The average Bonchev–Trinajstić information content (AvgIpc) is 3.21. The zero-order chi connectivity index (χ0) is 22.9. The van der Waals surface area contributed by atoms with Crippen molar-refractivity contribution in [2.45, 2.75) is 32.8 Å². The number of nitrogens with zero attached hydrogens (tertiary/aromatic N) is 4. The van der Waals surface area contributed by atoms with Gasteiger partial charge in [0.15, 0.2) is 18.0 Å². The molecule has 0 fully saturated rings. The van der Waals surface area contributed by atoms with Gasteiger partial charge in [0.05, 0.1) is 31.2 Å². The number of nitrogens with one attached hydrogen (secondary N) is 2. The van der Waals surface area contributed by atoms with E-state index in [0.717, 1.165) is 11.1 Å². The van der Waals surface area contributed by atoms with Gasteiger partial charge in [0.25, 0.3) is 0 Å². The highest BCUT2D eigenvalue weighted by atomic mass is 35.5. The van der Waals surface area contributed by atoms with E-state index in [4.69, 9.17) is 16.3 Å². The lowest BCUT2D eigenvalue weighted by molar-refractivity contribution is -0.114. The van der Waals surface area contributed by atoms with Crippen LogP contribution in [0.25, 0.3) is 0 Å². The molecular weight excluding hydrogens is 435 g/mol. The number of hydrogen-bond acceptors (Lipinski definition) is 7. The smallest absolute Gasteiger partial charge is 0.229 e.